The molecule has 0 spiro atoms. The van der Waals surface area contributed by atoms with Crippen LogP contribution < -0.4 is 5.32 Å². The minimum Gasteiger partial charge on any atom is -0.376 e. The highest BCUT2D eigenvalue weighted by atomic mass is 16.5. The molecule has 1 aromatic heterocycles. The molecule has 3 rings (SSSR count). The lowest BCUT2D eigenvalue weighted by Gasteiger charge is -2.17. The van der Waals surface area contributed by atoms with Crippen molar-refractivity contribution in [1.82, 2.24) is 14.9 Å². The molecule has 0 bridgehead atoms. The Kier molecular flexibility index (Phi) is 4.18. The van der Waals surface area contributed by atoms with Gasteiger partial charge in [0.25, 0.3) is 0 Å². The summed E-state index contributed by atoms with van der Waals surface area (Å²) in [4.78, 5) is 4.76. The van der Waals surface area contributed by atoms with Crippen molar-refractivity contribution < 1.29 is 4.74 Å². The van der Waals surface area contributed by atoms with E-state index < -0.39 is 0 Å². The molecule has 1 aromatic rings. The standard InChI is InChI=1S/C15H25N3O/c1-2-15-17-13-11-16-8-7-14(13)18(15)9-10-19-12-5-3-4-6-12/h12,16H,2-11H2,1H3. The maximum atomic E-state index is 6.00. The van der Waals surface area contributed by atoms with E-state index in [-0.39, 0.29) is 0 Å². The third kappa shape index (κ3) is 2.84. The van der Waals surface area contributed by atoms with Gasteiger partial charge in [-0.3, -0.25) is 0 Å². The van der Waals surface area contributed by atoms with Gasteiger partial charge in [-0.2, -0.15) is 0 Å². The van der Waals surface area contributed by atoms with E-state index in [2.05, 4.69) is 16.8 Å². The number of imidazole rings is 1. The molecular weight excluding hydrogens is 238 g/mol. The predicted octanol–water partition coefficient (Wildman–Crippen LogP) is 2.05. The monoisotopic (exact) mass is 263 g/mol. The Morgan fingerprint density at radius 1 is 1.37 bits per heavy atom. The molecule has 0 saturated heterocycles. The Balaban J connectivity index is 1.63. The van der Waals surface area contributed by atoms with Gasteiger partial charge in [0.1, 0.15) is 5.82 Å². The highest BCUT2D eigenvalue weighted by molar-refractivity contribution is 5.20. The van der Waals surface area contributed by atoms with Crippen LogP contribution in [0.25, 0.3) is 0 Å². The van der Waals surface area contributed by atoms with Crippen LogP contribution in [0.5, 0.6) is 0 Å². The third-order valence-electron chi connectivity index (χ3n) is 4.35. The van der Waals surface area contributed by atoms with Gasteiger partial charge in [0.2, 0.25) is 0 Å². The van der Waals surface area contributed by atoms with Gasteiger partial charge >= 0.3 is 0 Å². The summed E-state index contributed by atoms with van der Waals surface area (Å²) in [5.74, 6) is 1.23. The van der Waals surface area contributed by atoms with Crippen LogP contribution >= 0.6 is 0 Å². The Bertz CT molecular complexity index is 421. The SMILES string of the molecule is CCc1nc2c(n1CCOC1CCCC1)CCNC2. The predicted molar refractivity (Wildman–Crippen MR) is 75.2 cm³/mol. The number of fused-ring (bicyclic) bond motifs is 1. The number of nitrogens with zero attached hydrogens (tertiary/aromatic N) is 2. The summed E-state index contributed by atoms with van der Waals surface area (Å²) < 4.78 is 8.41. The molecule has 1 aliphatic carbocycles. The molecule has 2 aliphatic rings. The van der Waals surface area contributed by atoms with E-state index in [0.717, 1.165) is 39.1 Å². The van der Waals surface area contributed by atoms with Crippen molar-refractivity contribution in [2.24, 2.45) is 0 Å². The number of hydrogen-bond acceptors (Lipinski definition) is 3. The van der Waals surface area contributed by atoms with Gasteiger partial charge < -0.3 is 14.6 Å². The van der Waals surface area contributed by atoms with E-state index >= 15 is 0 Å². The molecule has 0 unspecified atom stereocenters. The van der Waals surface area contributed by atoms with E-state index in [0.29, 0.717) is 6.10 Å². The molecule has 0 aromatic carbocycles. The minimum absolute atomic E-state index is 0.520. The van der Waals surface area contributed by atoms with Gasteiger partial charge in [0.05, 0.1) is 18.4 Å². The summed E-state index contributed by atoms with van der Waals surface area (Å²) in [6.07, 6.45) is 7.83. The maximum absolute atomic E-state index is 6.00. The topological polar surface area (TPSA) is 39.1 Å². The van der Waals surface area contributed by atoms with E-state index in [1.807, 2.05) is 0 Å². The fraction of sp³-hybridized carbons (Fsp3) is 0.800. The normalized spacial score (nSPS) is 19.8. The highest BCUT2D eigenvalue weighted by Gasteiger charge is 2.19. The summed E-state index contributed by atoms with van der Waals surface area (Å²) in [5.41, 5.74) is 2.69. The van der Waals surface area contributed by atoms with Crippen molar-refractivity contribution in [1.29, 1.82) is 0 Å². The first-order valence-corrected chi connectivity index (χ1v) is 7.78. The average molecular weight is 263 g/mol. The van der Waals surface area contributed by atoms with E-state index in [9.17, 15) is 0 Å². The van der Waals surface area contributed by atoms with Crippen molar-refractivity contribution in [2.75, 3.05) is 13.2 Å². The highest BCUT2D eigenvalue weighted by Crippen LogP contribution is 2.21. The molecule has 0 atom stereocenters. The van der Waals surface area contributed by atoms with Gasteiger partial charge in [0, 0.05) is 38.2 Å². The molecule has 1 saturated carbocycles. The van der Waals surface area contributed by atoms with Crippen molar-refractivity contribution >= 4 is 0 Å². The molecular formula is C15H25N3O. The van der Waals surface area contributed by atoms with Crippen molar-refractivity contribution in [3.05, 3.63) is 17.2 Å². The number of ether oxygens (including phenoxy) is 1. The number of nitrogens with one attached hydrogen (secondary N) is 1. The lowest BCUT2D eigenvalue weighted by atomic mass is 10.2. The summed E-state index contributed by atoms with van der Waals surface area (Å²) in [6, 6.07) is 0. The van der Waals surface area contributed by atoms with Crippen LogP contribution in [0, 0.1) is 0 Å². The molecule has 4 heteroatoms. The van der Waals surface area contributed by atoms with E-state index in [4.69, 9.17) is 9.72 Å². The Morgan fingerprint density at radius 2 is 2.21 bits per heavy atom. The number of rotatable bonds is 5. The molecule has 1 fully saturated rings. The van der Waals surface area contributed by atoms with Crippen molar-refractivity contribution in [3.8, 4) is 0 Å². The molecule has 1 N–H and O–H groups in total. The molecule has 2 heterocycles. The Morgan fingerprint density at radius 3 is 3.00 bits per heavy atom. The van der Waals surface area contributed by atoms with Crippen LogP contribution in [-0.2, 0) is 30.7 Å². The van der Waals surface area contributed by atoms with Gasteiger partial charge in [-0.05, 0) is 12.8 Å². The van der Waals surface area contributed by atoms with Crippen LogP contribution in [0.3, 0.4) is 0 Å². The van der Waals surface area contributed by atoms with Crippen LogP contribution in [0.15, 0.2) is 0 Å². The lowest BCUT2D eigenvalue weighted by Crippen LogP contribution is -2.25. The first-order valence-electron chi connectivity index (χ1n) is 7.78. The quantitative estimate of drug-likeness (QED) is 0.883. The zero-order chi connectivity index (χ0) is 13.1. The first kappa shape index (κ1) is 13.1. The van der Waals surface area contributed by atoms with Gasteiger partial charge in [-0.15, -0.1) is 0 Å². The fourth-order valence-electron chi connectivity index (χ4n) is 3.33. The average Bonchev–Trinajstić information content (AvgIpc) is 3.06. The summed E-state index contributed by atoms with van der Waals surface area (Å²) in [5, 5.41) is 3.40. The molecule has 19 heavy (non-hydrogen) atoms. The molecule has 4 nitrogen and oxygen atoms in total. The number of hydrogen-bond donors (Lipinski definition) is 1. The van der Waals surface area contributed by atoms with Crippen LogP contribution in [0.2, 0.25) is 0 Å². The molecule has 106 valence electrons. The fourth-order valence-corrected chi connectivity index (χ4v) is 3.33. The Labute approximate surface area is 115 Å². The first-order chi connectivity index (χ1) is 9.38. The lowest BCUT2D eigenvalue weighted by molar-refractivity contribution is 0.0523. The third-order valence-corrected chi connectivity index (χ3v) is 4.35. The summed E-state index contributed by atoms with van der Waals surface area (Å²) >= 11 is 0. The van der Waals surface area contributed by atoms with Gasteiger partial charge in [-0.1, -0.05) is 19.8 Å². The minimum atomic E-state index is 0.520. The summed E-state index contributed by atoms with van der Waals surface area (Å²) in [7, 11) is 0. The maximum Gasteiger partial charge on any atom is 0.109 e. The van der Waals surface area contributed by atoms with Crippen molar-refractivity contribution in [2.45, 2.75) is 64.6 Å². The van der Waals surface area contributed by atoms with Crippen LogP contribution in [0.1, 0.15) is 49.8 Å². The van der Waals surface area contributed by atoms with Crippen LogP contribution in [-0.4, -0.2) is 28.8 Å². The van der Waals surface area contributed by atoms with Gasteiger partial charge in [0.15, 0.2) is 0 Å². The van der Waals surface area contributed by atoms with E-state index in [1.165, 1.54) is 42.9 Å². The molecule has 1 aliphatic heterocycles. The van der Waals surface area contributed by atoms with E-state index in [1.54, 1.807) is 0 Å². The second-order valence-electron chi connectivity index (χ2n) is 5.63. The zero-order valence-corrected chi connectivity index (χ0v) is 12.0. The van der Waals surface area contributed by atoms with Crippen LogP contribution in [0.4, 0.5) is 0 Å². The number of aromatic nitrogens is 2. The zero-order valence-electron chi connectivity index (χ0n) is 12.0. The smallest absolute Gasteiger partial charge is 0.109 e. The second-order valence-corrected chi connectivity index (χ2v) is 5.63. The van der Waals surface area contributed by atoms with Gasteiger partial charge in [-0.25, -0.2) is 4.98 Å². The molecule has 0 amide bonds. The number of aryl methyl sites for hydroxylation is 1. The second kappa shape index (κ2) is 6.06. The summed E-state index contributed by atoms with van der Waals surface area (Å²) in [6.45, 7) is 6.01. The molecule has 0 radical (unpaired) electrons. The largest absolute Gasteiger partial charge is 0.376 e. The van der Waals surface area contributed by atoms with Crippen molar-refractivity contribution in [3.63, 3.8) is 0 Å². The Hall–Kier alpha value is -0.870.